The number of ether oxygens (including phenoxy) is 1. The first-order valence-electron chi connectivity index (χ1n) is 7.54. The summed E-state index contributed by atoms with van der Waals surface area (Å²) < 4.78 is 8.99. The Morgan fingerprint density at radius 2 is 1.96 bits per heavy atom. The molecule has 2 aromatic rings. The highest BCUT2D eigenvalue weighted by atomic mass is 32.1. The van der Waals surface area contributed by atoms with E-state index in [1.165, 1.54) is 13.8 Å². The fourth-order valence-corrected chi connectivity index (χ4v) is 3.22. The average Bonchev–Trinajstić information content (AvgIpc) is 3.10. The summed E-state index contributed by atoms with van der Waals surface area (Å²) in [5.41, 5.74) is 2.53. The normalized spacial score (nSPS) is 12.0. The van der Waals surface area contributed by atoms with E-state index in [9.17, 15) is 14.4 Å². The largest absolute Gasteiger partial charge is 0.450 e. The van der Waals surface area contributed by atoms with E-state index in [0.29, 0.717) is 33.8 Å². The number of aryl methyl sites for hydroxylation is 2. The molecule has 0 unspecified atom stereocenters. The minimum absolute atomic E-state index is 0.117. The summed E-state index contributed by atoms with van der Waals surface area (Å²) >= 11 is 0.946. The molecule has 0 fully saturated rings. The summed E-state index contributed by atoms with van der Waals surface area (Å²) in [7, 11) is 0. The molecule has 128 valence electrons. The third-order valence-electron chi connectivity index (χ3n) is 3.77. The Morgan fingerprint density at radius 1 is 1.29 bits per heavy atom. The van der Waals surface area contributed by atoms with E-state index in [1.54, 1.807) is 13.8 Å². The molecule has 2 aromatic heterocycles. The molecule has 24 heavy (non-hydrogen) atoms. The van der Waals surface area contributed by atoms with Gasteiger partial charge in [0.25, 0.3) is 0 Å². The maximum atomic E-state index is 12.6. The fraction of sp³-hybridized carbons (Fsp3) is 0.438. The van der Waals surface area contributed by atoms with Gasteiger partial charge in [0, 0.05) is 11.3 Å². The van der Waals surface area contributed by atoms with Gasteiger partial charge in [-0.2, -0.15) is 0 Å². The molecule has 1 atom stereocenters. The first-order valence-corrected chi connectivity index (χ1v) is 8.31. The highest BCUT2D eigenvalue weighted by Gasteiger charge is 2.27. The maximum Gasteiger partial charge on any atom is 0.352 e. The monoisotopic (exact) mass is 349 g/mol. The molecular formula is C16H19N3O4S. The lowest BCUT2D eigenvalue weighted by molar-refractivity contribution is 0.0320. The summed E-state index contributed by atoms with van der Waals surface area (Å²) in [4.78, 5) is 39.6. The third-order valence-corrected chi connectivity index (χ3v) is 4.51. The summed E-state index contributed by atoms with van der Waals surface area (Å²) in [5.74, 6) is -1.12. The number of carbonyl (C=O) groups is 3. The lowest BCUT2D eigenvalue weighted by Crippen LogP contribution is -2.25. The second-order valence-electron chi connectivity index (χ2n) is 5.50. The van der Waals surface area contributed by atoms with Gasteiger partial charge in [-0.3, -0.25) is 9.59 Å². The Bertz CT molecular complexity index is 806. The van der Waals surface area contributed by atoms with Crippen molar-refractivity contribution in [3.63, 3.8) is 0 Å². The van der Waals surface area contributed by atoms with Crippen LogP contribution in [0.4, 0.5) is 0 Å². The van der Waals surface area contributed by atoms with E-state index < -0.39 is 12.1 Å². The van der Waals surface area contributed by atoms with Crippen LogP contribution < -0.4 is 0 Å². The molecule has 2 heterocycles. The predicted octanol–water partition coefficient (Wildman–Crippen LogP) is 2.68. The summed E-state index contributed by atoms with van der Waals surface area (Å²) in [5, 5.41) is 3.85. The highest BCUT2D eigenvalue weighted by molar-refractivity contribution is 7.07. The second-order valence-corrected chi connectivity index (χ2v) is 6.25. The van der Waals surface area contributed by atoms with E-state index in [2.05, 4.69) is 14.6 Å². The Hall–Kier alpha value is -2.35. The van der Waals surface area contributed by atoms with Gasteiger partial charge in [0.1, 0.15) is 0 Å². The fourth-order valence-electron chi connectivity index (χ4n) is 2.59. The van der Waals surface area contributed by atoms with Gasteiger partial charge < -0.3 is 9.72 Å². The number of nitrogens with zero attached hydrogens (tertiary/aromatic N) is 2. The van der Waals surface area contributed by atoms with Crippen molar-refractivity contribution < 1.29 is 19.1 Å². The molecule has 7 nitrogen and oxygen atoms in total. The zero-order valence-electron chi connectivity index (χ0n) is 14.2. The van der Waals surface area contributed by atoms with Crippen molar-refractivity contribution in [2.24, 2.45) is 0 Å². The molecular weight excluding hydrogens is 330 g/mol. The van der Waals surface area contributed by atoms with Crippen LogP contribution in [0, 0.1) is 13.8 Å². The van der Waals surface area contributed by atoms with E-state index in [1.807, 2.05) is 6.92 Å². The third kappa shape index (κ3) is 3.28. The first kappa shape index (κ1) is 18.0. The van der Waals surface area contributed by atoms with Crippen LogP contribution in [0.15, 0.2) is 0 Å². The van der Waals surface area contributed by atoms with Crippen LogP contribution in [-0.4, -0.2) is 38.2 Å². The SMILES string of the molecule is CCc1nnsc1C(=O)O[C@H](C)C(=O)c1[nH]c(C)c(C(C)=O)c1C. The number of rotatable bonds is 6. The lowest BCUT2D eigenvalue weighted by atomic mass is 10.0. The van der Waals surface area contributed by atoms with Crippen LogP contribution >= 0.6 is 11.5 Å². The summed E-state index contributed by atoms with van der Waals surface area (Å²) in [6.45, 7) is 8.24. The van der Waals surface area contributed by atoms with E-state index in [-0.39, 0.29) is 17.3 Å². The number of aromatic nitrogens is 3. The molecule has 0 saturated heterocycles. The molecule has 0 aliphatic carbocycles. The van der Waals surface area contributed by atoms with Crippen LogP contribution in [0.1, 0.15) is 68.2 Å². The topological polar surface area (TPSA) is 102 Å². The van der Waals surface area contributed by atoms with Crippen molar-refractivity contribution in [2.75, 3.05) is 0 Å². The molecule has 0 radical (unpaired) electrons. The van der Waals surface area contributed by atoms with Gasteiger partial charge in [-0.1, -0.05) is 11.4 Å². The van der Waals surface area contributed by atoms with Crippen molar-refractivity contribution in [1.82, 2.24) is 14.6 Å². The Labute approximate surface area is 143 Å². The van der Waals surface area contributed by atoms with E-state index in [0.717, 1.165) is 11.5 Å². The van der Waals surface area contributed by atoms with Gasteiger partial charge in [-0.15, -0.1) is 5.10 Å². The molecule has 0 aliphatic rings. The first-order chi connectivity index (χ1) is 11.3. The van der Waals surface area contributed by atoms with Crippen LogP contribution in [0.25, 0.3) is 0 Å². The molecule has 0 saturated carbocycles. The van der Waals surface area contributed by atoms with Crippen LogP contribution in [0.3, 0.4) is 0 Å². The minimum atomic E-state index is -0.985. The number of ketones is 2. The zero-order valence-corrected chi connectivity index (χ0v) is 15.0. The van der Waals surface area contributed by atoms with Crippen molar-refractivity contribution >= 4 is 29.1 Å². The number of hydrogen-bond acceptors (Lipinski definition) is 7. The average molecular weight is 349 g/mol. The van der Waals surface area contributed by atoms with Crippen LogP contribution in [0.5, 0.6) is 0 Å². The van der Waals surface area contributed by atoms with E-state index >= 15 is 0 Å². The molecule has 0 aliphatic heterocycles. The Kier molecular flexibility index (Phi) is 5.28. The number of carbonyl (C=O) groups excluding carboxylic acids is 3. The van der Waals surface area contributed by atoms with Gasteiger partial charge in [-0.25, -0.2) is 4.79 Å². The Balaban J connectivity index is 2.20. The van der Waals surface area contributed by atoms with Crippen molar-refractivity contribution in [2.45, 2.75) is 47.1 Å². The van der Waals surface area contributed by atoms with Gasteiger partial charge in [0.2, 0.25) is 5.78 Å². The molecule has 0 spiro atoms. The van der Waals surface area contributed by atoms with Crippen LogP contribution in [0.2, 0.25) is 0 Å². The number of Topliss-reactive ketones (excluding diaryl/α,β-unsaturated/α-hetero) is 2. The minimum Gasteiger partial charge on any atom is -0.450 e. The number of H-pyrrole nitrogens is 1. The maximum absolute atomic E-state index is 12.6. The Morgan fingerprint density at radius 3 is 2.50 bits per heavy atom. The van der Waals surface area contributed by atoms with Crippen molar-refractivity contribution in [3.05, 3.63) is 33.1 Å². The molecule has 0 bridgehead atoms. The number of hydrogen-bond donors (Lipinski definition) is 1. The standard InChI is InChI=1S/C16H19N3O4S/c1-6-11-15(24-19-18-11)16(22)23-10(5)14(21)13-7(2)12(9(4)20)8(3)17-13/h10,17H,6H2,1-5H3/t10-/m1/s1. The quantitative estimate of drug-likeness (QED) is 0.635. The van der Waals surface area contributed by atoms with Gasteiger partial charge in [-0.05, 0) is 51.2 Å². The van der Waals surface area contributed by atoms with Crippen LogP contribution in [-0.2, 0) is 11.2 Å². The number of nitrogens with one attached hydrogen (secondary N) is 1. The lowest BCUT2D eigenvalue weighted by Gasteiger charge is -2.11. The van der Waals surface area contributed by atoms with Crippen molar-refractivity contribution in [1.29, 1.82) is 0 Å². The van der Waals surface area contributed by atoms with Gasteiger partial charge >= 0.3 is 5.97 Å². The highest BCUT2D eigenvalue weighted by Crippen LogP contribution is 2.21. The van der Waals surface area contributed by atoms with Crippen molar-refractivity contribution in [3.8, 4) is 0 Å². The molecule has 0 amide bonds. The molecule has 0 aromatic carbocycles. The predicted molar refractivity (Wildman–Crippen MR) is 88.8 cm³/mol. The summed E-state index contributed by atoms with van der Waals surface area (Å²) in [6, 6.07) is 0. The number of aromatic amines is 1. The second kappa shape index (κ2) is 7.04. The molecule has 8 heteroatoms. The van der Waals surface area contributed by atoms with Gasteiger partial charge in [0.05, 0.1) is 11.4 Å². The van der Waals surface area contributed by atoms with Gasteiger partial charge in [0.15, 0.2) is 16.8 Å². The zero-order chi connectivity index (χ0) is 18.0. The smallest absolute Gasteiger partial charge is 0.352 e. The summed E-state index contributed by atoms with van der Waals surface area (Å²) in [6.07, 6.45) is -0.430. The molecule has 2 rings (SSSR count). The van der Waals surface area contributed by atoms with E-state index in [4.69, 9.17) is 4.74 Å². The number of esters is 1. The molecule has 1 N–H and O–H groups in total.